The van der Waals surface area contributed by atoms with Crippen molar-refractivity contribution in [1.29, 1.82) is 0 Å². The van der Waals surface area contributed by atoms with Gasteiger partial charge < -0.3 is 10.3 Å². The highest BCUT2D eigenvalue weighted by molar-refractivity contribution is 9.11. The van der Waals surface area contributed by atoms with Crippen molar-refractivity contribution in [3.05, 3.63) is 27.1 Å². The first-order valence-corrected chi connectivity index (χ1v) is 8.34. The smallest absolute Gasteiger partial charge is 0.227 e. The zero-order valence-corrected chi connectivity index (χ0v) is 15.2. The molecule has 0 saturated heterocycles. The summed E-state index contributed by atoms with van der Waals surface area (Å²) in [6, 6.07) is 1.91. The number of aryl methyl sites for hydroxylation is 1. The van der Waals surface area contributed by atoms with Gasteiger partial charge in [-0.1, -0.05) is 19.0 Å². The molecule has 2 N–H and O–H groups in total. The molecule has 114 valence electrons. The van der Waals surface area contributed by atoms with E-state index in [0.29, 0.717) is 24.0 Å². The number of nitrogens with zero attached hydrogens (tertiary/aromatic N) is 3. The number of hydrogen-bond acceptors (Lipinski definition) is 5. The minimum Gasteiger partial charge on any atom is -0.339 e. The van der Waals surface area contributed by atoms with E-state index in [4.69, 9.17) is 10.3 Å². The van der Waals surface area contributed by atoms with Crippen LogP contribution in [0.15, 0.2) is 25.7 Å². The van der Waals surface area contributed by atoms with Crippen LogP contribution in [0.3, 0.4) is 0 Å². The van der Waals surface area contributed by atoms with Crippen LogP contribution in [-0.4, -0.2) is 21.7 Å². The van der Waals surface area contributed by atoms with Crippen LogP contribution in [0.5, 0.6) is 0 Å². The molecule has 0 aliphatic rings. The van der Waals surface area contributed by atoms with Gasteiger partial charge in [-0.25, -0.2) is 0 Å². The molecule has 2 aromatic heterocycles. The molecule has 0 spiro atoms. The number of nitrogens with two attached hydrogens (primary N) is 1. The molecule has 0 radical (unpaired) electrons. The Kier molecular flexibility index (Phi) is 5.51. The van der Waals surface area contributed by atoms with E-state index in [9.17, 15) is 0 Å². The lowest BCUT2D eigenvalue weighted by molar-refractivity contribution is 0.289. The van der Waals surface area contributed by atoms with Gasteiger partial charge in [0.15, 0.2) is 0 Å². The molecular weight excluding hydrogens is 400 g/mol. The molecular formula is C14H18Br2N4O. The Morgan fingerprint density at radius 3 is 2.71 bits per heavy atom. The topological polar surface area (TPSA) is 77.8 Å². The standard InChI is InChI=1S/C14H18Br2N4O/c1-14(2,5-6-17)4-3-11-19-13(20-21-11)12-10(16)7-9(15)8-18-12/h7-8H,3-6,17H2,1-2H3. The van der Waals surface area contributed by atoms with Crippen molar-refractivity contribution in [2.45, 2.75) is 33.1 Å². The Morgan fingerprint density at radius 2 is 2.05 bits per heavy atom. The van der Waals surface area contributed by atoms with Crippen molar-refractivity contribution in [2.75, 3.05) is 6.54 Å². The molecule has 5 nitrogen and oxygen atoms in total. The van der Waals surface area contributed by atoms with Crippen LogP contribution < -0.4 is 5.73 Å². The molecule has 0 fully saturated rings. The van der Waals surface area contributed by atoms with Crippen LogP contribution in [-0.2, 0) is 6.42 Å². The Bertz CT molecular complexity index is 613. The van der Waals surface area contributed by atoms with E-state index in [1.54, 1.807) is 6.20 Å². The largest absolute Gasteiger partial charge is 0.339 e. The second-order valence-corrected chi connectivity index (χ2v) is 7.47. The van der Waals surface area contributed by atoms with E-state index in [1.165, 1.54) is 0 Å². The highest BCUT2D eigenvalue weighted by atomic mass is 79.9. The Morgan fingerprint density at radius 1 is 1.29 bits per heavy atom. The summed E-state index contributed by atoms with van der Waals surface area (Å²) < 4.78 is 7.03. The Labute approximate surface area is 141 Å². The van der Waals surface area contributed by atoms with E-state index in [-0.39, 0.29) is 5.41 Å². The molecule has 0 aliphatic carbocycles. The van der Waals surface area contributed by atoms with Crippen LogP contribution in [0.4, 0.5) is 0 Å². The van der Waals surface area contributed by atoms with Gasteiger partial charge in [0.25, 0.3) is 0 Å². The zero-order valence-electron chi connectivity index (χ0n) is 12.1. The summed E-state index contributed by atoms with van der Waals surface area (Å²) in [4.78, 5) is 8.72. The van der Waals surface area contributed by atoms with Crippen LogP contribution in [0.25, 0.3) is 11.5 Å². The highest BCUT2D eigenvalue weighted by Gasteiger charge is 2.19. The molecule has 2 heterocycles. The fourth-order valence-corrected chi connectivity index (χ4v) is 3.16. The average Bonchev–Trinajstić information content (AvgIpc) is 2.85. The van der Waals surface area contributed by atoms with Gasteiger partial charge in [0, 0.05) is 21.6 Å². The third-order valence-electron chi connectivity index (χ3n) is 3.32. The first-order chi connectivity index (χ1) is 9.91. The van der Waals surface area contributed by atoms with E-state index in [0.717, 1.165) is 28.2 Å². The summed E-state index contributed by atoms with van der Waals surface area (Å²) in [6.45, 7) is 5.09. The van der Waals surface area contributed by atoms with Crippen LogP contribution in [0.1, 0.15) is 32.6 Å². The summed E-state index contributed by atoms with van der Waals surface area (Å²) in [6.07, 6.45) is 4.39. The van der Waals surface area contributed by atoms with E-state index < -0.39 is 0 Å². The van der Waals surface area contributed by atoms with Crippen LogP contribution in [0, 0.1) is 5.41 Å². The monoisotopic (exact) mass is 416 g/mol. The van der Waals surface area contributed by atoms with Gasteiger partial charge in [0.05, 0.1) is 0 Å². The maximum Gasteiger partial charge on any atom is 0.227 e. The third-order valence-corrected chi connectivity index (χ3v) is 4.36. The van der Waals surface area contributed by atoms with Crippen molar-refractivity contribution < 1.29 is 4.52 Å². The summed E-state index contributed by atoms with van der Waals surface area (Å²) in [7, 11) is 0. The van der Waals surface area contributed by atoms with Crippen molar-refractivity contribution in [2.24, 2.45) is 11.1 Å². The van der Waals surface area contributed by atoms with Crippen molar-refractivity contribution in [3.8, 4) is 11.5 Å². The zero-order chi connectivity index (χ0) is 15.5. The second kappa shape index (κ2) is 6.98. The van der Waals surface area contributed by atoms with Gasteiger partial charge in [-0.15, -0.1) is 0 Å². The first kappa shape index (κ1) is 16.6. The van der Waals surface area contributed by atoms with Crippen LogP contribution in [0.2, 0.25) is 0 Å². The number of hydrogen-bond donors (Lipinski definition) is 1. The predicted octanol–water partition coefficient (Wildman–Crippen LogP) is 3.96. The Hall–Kier alpha value is -0.790. The summed E-state index contributed by atoms with van der Waals surface area (Å²) in [5, 5.41) is 4.00. The minimum absolute atomic E-state index is 0.180. The lowest BCUT2D eigenvalue weighted by Gasteiger charge is -2.22. The fraction of sp³-hybridized carbons (Fsp3) is 0.500. The van der Waals surface area contributed by atoms with Crippen molar-refractivity contribution in [1.82, 2.24) is 15.1 Å². The van der Waals surface area contributed by atoms with Crippen molar-refractivity contribution >= 4 is 31.9 Å². The lowest BCUT2D eigenvalue weighted by atomic mass is 9.84. The molecule has 0 unspecified atom stereocenters. The number of pyridine rings is 1. The first-order valence-electron chi connectivity index (χ1n) is 6.75. The SMILES string of the molecule is CC(C)(CCN)CCc1nc(-c2ncc(Br)cc2Br)no1. The lowest BCUT2D eigenvalue weighted by Crippen LogP contribution is -2.17. The Balaban J connectivity index is 2.08. The molecule has 0 saturated carbocycles. The summed E-state index contributed by atoms with van der Waals surface area (Å²) in [5.41, 5.74) is 6.48. The maximum absolute atomic E-state index is 5.62. The molecule has 0 aromatic carbocycles. The van der Waals surface area contributed by atoms with E-state index in [1.807, 2.05) is 6.07 Å². The molecule has 0 aliphatic heterocycles. The van der Waals surface area contributed by atoms with Gasteiger partial charge in [0.1, 0.15) is 5.69 Å². The summed E-state index contributed by atoms with van der Waals surface area (Å²) in [5.74, 6) is 1.13. The number of halogens is 2. The van der Waals surface area contributed by atoms with Gasteiger partial charge in [0.2, 0.25) is 11.7 Å². The van der Waals surface area contributed by atoms with Gasteiger partial charge >= 0.3 is 0 Å². The predicted molar refractivity (Wildman–Crippen MR) is 88.7 cm³/mol. The summed E-state index contributed by atoms with van der Waals surface area (Å²) >= 11 is 6.82. The second-order valence-electron chi connectivity index (χ2n) is 5.70. The average molecular weight is 418 g/mol. The third kappa shape index (κ3) is 4.59. The number of rotatable bonds is 6. The molecule has 2 aromatic rings. The minimum atomic E-state index is 0.180. The quantitative estimate of drug-likeness (QED) is 0.769. The molecule has 7 heteroatoms. The normalized spacial score (nSPS) is 11.9. The van der Waals surface area contributed by atoms with Crippen molar-refractivity contribution in [3.63, 3.8) is 0 Å². The molecule has 0 bridgehead atoms. The fourth-order valence-electron chi connectivity index (χ4n) is 1.99. The van der Waals surface area contributed by atoms with E-state index >= 15 is 0 Å². The van der Waals surface area contributed by atoms with Crippen LogP contribution >= 0.6 is 31.9 Å². The van der Waals surface area contributed by atoms with E-state index in [2.05, 4.69) is 60.8 Å². The van der Waals surface area contributed by atoms with Gasteiger partial charge in [-0.05, 0) is 62.7 Å². The molecule has 0 amide bonds. The van der Waals surface area contributed by atoms with Gasteiger partial charge in [-0.2, -0.15) is 4.98 Å². The maximum atomic E-state index is 5.62. The molecule has 2 rings (SSSR count). The van der Waals surface area contributed by atoms with Gasteiger partial charge in [-0.3, -0.25) is 4.98 Å². The highest BCUT2D eigenvalue weighted by Crippen LogP contribution is 2.28. The molecule has 0 atom stereocenters. The number of aromatic nitrogens is 3. The molecule has 21 heavy (non-hydrogen) atoms.